The Balaban J connectivity index is 1.73. The highest BCUT2D eigenvalue weighted by Crippen LogP contribution is 2.26. The summed E-state index contributed by atoms with van der Waals surface area (Å²) in [5, 5.41) is 3.10. The van der Waals surface area contributed by atoms with Gasteiger partial charge in [-0.2, -0.15) is 0 Å². The highest BCUT2D eigenvalue weighted by molar-refractivity contribution is 7.92. The van der Waals surface area contributed by atoms with E-state index in [0.717, 1.165) is 43.1 Å². The number of halogens is 1. The summed E-state index contributed by atoms with van der Waals surface area (Å²) in [6.07, 6.45) is 6.71. The molecule has 0 heterocycles. The number of sulfonamides is 1. The first-order valence-corrected chi connectivity index (χ1v) is 15.2. The topological polar surface area (TPSA) is 86.8 Å². The van der Waals surface area contributed by atoms with Crippen molar-refractivity contribution in [2.45, 2.75) is 84.3 Å². The lowest BCUT2D eigenvalue weighted by molar-refractivity contribution is -0.141. The fourth-order valence-electron chi connectivity index (χ4n) is 4.93. The summed E-state index contributed by atoms with van der Waals surface area (Å²) < 4.78 is 40.0. The molecule has 1 saturated carbocycles. The number of carbonyl (C=O) groups excluding carboxylic acids is 2. The van der Waals surface area contributed by atoms with E-state index in [2.05, 4.69) is 5.32 Å². The second-order valence-electron chi connectivity index (χ2n) is 10.3. The van der Waals surface area contributed by atoms with Crippen LogP contribution in [0.5, 0.6) is 0 Å². The van der Waals surface area contributed by atoms with Crippen LogP contribution in [0.15, 0.2) is 42.5 Å². The maximum atomic E-state index is 13.5. The molecule has 2 aromatic carbocycles. The Morgan fingerprint density at radius 2 is 1.71 bits per heavy atom. The molecular formula is C29H40FN3O4S. The van der Waals surface area contributed by atoms with E-state index in [9.17, 15) is 22.4 Å². The van der Waals surface area contributed by atoms with Crippen molar-refractivity contribution in [1.82, 2.24) is 10.2 Å². The average molecular weight is 546 g/mol. The van der Waals surface area contributed by atoms with Gasteiger partial charge in [-0.15, -0.1) is 0 Å². The van der Waals surface area contributed by atoms with Gasteiger partial charge in [0.1, 0.15) is 11.9 Å². The van der Waals surface area contributed by atoms with E-state index < -0.39 is 16.1 Å². The van der Waals surface area contributed by atoms with Gasteiger partial charge in [0.2, 0.25) is 21.8 Å². The van der Waals surface area contributed by atoms with E-state index >= 15 is 0 Å². The lowest BCUT2D eigenvalue weighted by atomic mass is 9.95. The van der Waals surface area contributed by atoms with Crippen LogP contribution in [0, 0.1) is 19.7 Å². The van der Waals surface area contributed by atoms with Crippen molar-refractivity contribution in [3.63, 3.8) is 0 Å². The SMILES string of the molecule is Cc1cccc(N(CCCC(=O)N(Cc2ccc(F)cc2)[C@H](C)C(=O)NC2CCCCC2)S(C)(=O)=O)c1C. The minimum atomic E-state index is -3.57. The highest BCUT2D eigenvalue weighted by Gasteiger charge is 2.28. The Bertz CT molecular complexity index is 1210. The van der Waals surface area contributed by atoms with Crippen LogP contribution in [-0.2, 0) is 26.2 Å². The number of rotatable bonds is 11. The minimum Gasteiger partial charge on any atom is -0.352 e. The van der Waals surface area contributed by atoms with E-state index in [4.69, 9.17) is 0 Å². The Kier molecular flexibility index (Phi) is 10.3. The summed E-state index contributed by atoms with van der Waals surface area (Å²) in [6, 6.07) is 10.8. The molecule has 1 aliphatic rings. The van der Waals surface area contributed by atoms with Gasteiger partial charge in [0.15, 0.2) is 0 Å². The van der Waals surface area contributed by atoms with E-state index in [-0.39, 0.29) is 49.6 Å². The number of anilines is 1. The maximum Gasteiger partial charge on any atom is 0.242 e. The van der Waals surface area contributed by atoms with Crippen LogP contribution in [0.25, 0.3) is 0 Å². The van der Waals surface area contributed by atoms with E-state index in [1.807, 2.05) is 26.0 Å². The molecule has 1 fully saturated rings. The number of benzene rings is 2. The molecule has 1 aliphatic carbocycles. The van der Waals surface area contributed by atoms with Gasteiger partial charge in [0.25, 0.3) is 0 Å². The van der Waals surface area contributed by atoms with Gasteiger partial charge in [-0.25, -0.2) is 12.8 Å². The molecule has 0 bridgehead atoms. The summed E-state index contributed by atoms with van der Waals surface area (Å²) in [6.45, 7) is 5.81. The Morgan fingerprint density at radius 1 is 1.05 bits per heavy atom. The highest BCUT2D eigenvalue weighted by atomic mass is 32.2. The Labute approximate surface area is 226 Å². The lowest BCUT2D eigenvalue weighted by Crippen LogP contribution is -2.50. The molecule has 0 spiro atoms. The van der Waals surface area contributed by atoms with Crippen LogP contribution < -0.4 is 9.62 Å². The summed E-state index contributed by atoms with van der Waals surface area (Å²) in [5.74, 6) is -0.836. The third kappa shape index (κ3) is 8.03. The number of nitrogens with zero attached hydrogens (tertiary/aromatic N) is 2. The van der Waals surface area contributed by atoms with Crippen molar-refractivity contribution < 1.29 is 22.4 Å². The molecule has 0 saturated heterocycles. The van der Waals surface area contributed by atoms with Gasteiger partial charge in [0, 0.05) is 25.6 Å². The van der Waals surface area contributed by atoms with Crippen LogP contribution in [0.3, 0.4) is 0 Å². The van der Waals surface area contributed by atoms with Crippen LogP contribution in [-0.4, -0.2) is 50.0 Å². The predicted molar refractivity (Wildman–Crippen MR) is 149 cm³/mol. The molecular weight excluding hydrogens is 505 g/mol. The lowest BCUT2D eigenvalue weighted by Gasteiger charge is -2.31. The second kappa shape index (κ2) is 13.2. The zero-order chi connectivity index (χ0) is 27.9. The van der Waals surface area contributed by atoms with Crippen LogP contribution in [0.1, 0.15) is 68.6 Å². The number of aryl methyl sites for hydroxylation is 1. The Morgan fingerprint density at radius 3 is 2.34 bits per heavy atom. The smallest absolute Gasteiger partial charge is 0.242 e. The van der Waals surface area contributed by atoms with Gasteiger partial charge in [-0.3, -0.25) is 13.9 Å². The first kappa shape index (κ1) is 29.6. The summed E-state index contributed by atoms with van der Waals surface area (Å²) in [4.78, 5) is 28.1. The molecule has 0 aliphatic heterocycles. The molecule has 1 atom stereocenters. The van der Waals surface area contributed by atoms with Gasteiger partial charge < -0.3 is 10.2 Å². The largest absolute Gasteiger partial charge is 0.352 e. The van der Waals surface area contributed by atoms with Crippen molar-refractivity contribution in [1.29, 1.82) is 0 Å². The van der Waals surface area contributed by atoms with E-state index in [1.165, 1.54) is 27.8 Å². The third-order valence-corrected chi connectivity index (χ3v) is 8.56. The summed E-state index contributed by atoms with van der Waals surface area (Å²) in [7, 11) is -3.57. The van der Waals surface area contributed by atoms with E-state index in [1.54, 1.807) is 25.1 Å². The fraction of sp³-hybridized carbons (Fsp3) is 0.517. The number of carbonyl (C=O) groups is 2. The maximum absolute atomic E-state index is 13.5. The summed E-state index contributed by atoms with van der Waals surface area (Å²) in [5.41, 5.74) is 3.17. The van der Waals surface area contributed by atoms with Crippen LogP contribution in [0.4, 0.5) is 10.1 Å². The van der Waals surface area contributed by atoms with Crippen LogP contribution in [0.2, 0.25) is 0 Å². The van der Waals surface area contributed by atoms with Gasteiger partial charge in [-0.1, -0.05) is 43.5 Å². The van der Waals surface area contributed by atoms with Crippen LogP contribution >= 0.6 is 0 Å². The molecule has 0 unspecified atom stereocenters. The zero-order valence-corrected chi connectivity index (χ0v) is 23.7. The molecule has 3 rings (SSSR count). The zero-order valence-electron chi connectivity index (χ0n) is 22.9. The van der Waals surface area contributed by atoms with Crippen molar-refractivity contribution in [2.75, 3.05) is 17.1 Å². The predicted octanol–water partition coefficient (Wildman–Crippen LogP) is 4.85. The number of amides is 2. The number of hydrogen-bond donors (Lipinski definition) is 1. The van der Waals surface area contributed by atoms with Crippen molar-refractivity contribution in [2.24, 2.45) is 0 Å². The molecule has 0 aromatic heterocycles. The van der Waals surface area contributed by atoms with Gasteiger partial charge in [0.05, 0.1) is 11.9 Å². The van der Waals surface area contributed by atoms with Gasteiger partial charge >= 0.3 is 0 Å². The summed E-state index contributed by atoms with van der Waals surface area (Å²) >= 11 is 0. The fourth-order valence-corrected chi connectivity index (χ4v) is 5.94. The van der Waals surface area contributed by atoms with Crippen molar-refractivity contribution in [3.05, 3.63) is 65.0 Å². The molecule has 9 heteroatoms. The molecule has 2 aromatic rings. The quantitative estimate of drug-likeness (QED) is 0.437. The second-order valence-corrected chi connectivity index (χ2v) is 12.2. The molecule has 2 amide bonds. The van der Waals surface area contributed by atoms with E-state index in [0.29, 0.717) is 11.3 Å². The molecule has 7 nitrogen and oxygen atoms in total. The molecule has 0 radical (unpaired) electrons. The minimum absolute atomic E-state index is 0.0686. The number of nitrogens with one attached hydrogen (secondary N) is 1. The Hall–Kier alpha value is -2.94. The normalized spacial score (nSPS) is 15.1. The third-order valence-electron chi connectivity index (χ3n) is 7.38. The first-order chi connectivity index (χ1) is 18.0. The standard InChI is InChI=1S/C29H40FN3O4S/c1-21-10-8-13-27(22(21)2)33(38(4,36)37)19-9-14-28(34)32(20-24-15-17-25(30)18-16-24)23(3)29(35)31-26-11-6-5-7-12-26/h8,10,13,15-18,23,26H,5-7,9,11-12,14,19-20H2,1-4H3,(H,31,35)/t23-/m1/s1. The monoisotopic (exact) mass is 545 g/mol. The molecule has 208 valence electrons. The number of hydrogen-bond acceptors (Lipinski definition) is 4. The van der Waals surface area contributed by atoms with Crippen molar-refractivity contribution >= 4 is 27.5 Å². The average Bonchev–Trinajstić information content (AvgIpc) is 2.87. The molecule has 1 N–H and O–H groups in total. The molecule has 38 heavy (non-hydrogen) atoms. The van der Waals surface area contributed by atoms with Crippen molar-refractivity contribution in [3.8, 4) is 0 Å². The first-order valence-electron chi connectivity index (χ1n) is 13.4. The van der Waals surface area contributed by atoms with Gasteiger partial charge in [-0.05, 0) is 74.9 Å².